The molecule has 1 aromatic carbocycles. The van der Waals surface area contributed by atoms with E-state index in [1.807, 2.05) is 11.4 Å². The Kier molecular flexibility index (Phi) is 6.32. The summed E-state index contributed by atoms with van der Waals surface area (Å²) in [6, 6.07) is 9.90. The smallest absolute Gasteiger partial charge is 0.269 e. The Hall–Kier alpha value is -2.29. The van der Waals surface area contributed by atoms with Crippen LogP contribution in [0.4, 0.5) is 11.4 Å². The lowest BCUT2D eigenvalue weighted by molar-refractivity contribution is -0.384. The fraction of sp³-hybridized carbons (Fsp3) is 0.389. The molecule has 2 aromatic rings. The van der Waals surface area contributed by atoms with Gasteiger partial charge in [-0.1, -0.05) is 6.07 Å². The second-order valence-corrected chi connectivity index (χ2v) is 7.27. The van der Waals surface area contributed by atoms with E-state index < -0.39 is 4.92 Å². The molecule has 0 aliphatic carbocycles. The van der Waals surface area contributed by atoms with Gasteiger partial charge in [-0.3, -0.25) is 19.8 Å². The third-order valence-electron chi connectivity index (χ3n) is 4.17. The lowest BCUT2D eigenvalue weighted by Gasteiger charge is -2.24. The maximum atomic E-state index is 12.4. The van der Waals surface area contributed by atoms with Gasteiger partial charge in [0.1, 0.15) is 0 Å². The summed E-state index contributed by atoms with van der Waals surface area (Å²) in [5, 5.41) is 15.5. The molecule has 8 heteroatoms. The van der Waals surface area contributed by atoms with Crippen molar-refractivity contribution in [3.8, 4) is 0 Å². The second kappa shape index (κ2) is 8.88. The van der Waals surface area contributed by atoms with Crippen molar-refractivity contribution in [2.24, 2.45) is 0 Å². The number of hydrogen-bond acceptors (Lipinski definition) is 6. The number of nitro groups is 1. The van der Waals surface area contributed by atoms with Crippen LogP contribution < -0.4 is 5.32 Å². The number of thiophene rings is 1. The molecular weight excluding hydrogens is 354 g/mol. The zero-order valence-corrected chi connectivity index (χ0v) is 15.1. The van der Waals surface area contributed by atoms with Gasteiger partial charge in [-0.25, -0.2) is 0 Å². The largest absolute Gasteiger partial charge is 0.377 e. The van der Waals surface area contributed by atoms with Crippen LogP contribution >= 0.6 is 11.3 Å². The standard InChI is InChI=1S/C18H21N3O4S/c22-18(19-14-5-7-15(8-6-14)21(23)24)13-20(11-16-3-1-9-25-16)12-17-4-2-10-26-17/h2,4-8,10,16H,1,3,9,11-13H2,(H,19,22)/t16-/m0/s1. The number of carbonyl (C=O) groups is 1. The van der Waals surface area contributed by atoms with Crippen LogP contribution in [0.25, 0.3) is 0 Å². The molecule has 1 aliphatic heterocycles. The average Bonchev–Trinajstić information content (AvgIpc) is 3.29. The summed E-state index contributed by atoms with van der Waals surface area (Å²) >= 11 is 1.67. The highest BCUT2D eigenvalue weighted by Gasteiger charge is 2.21. The molecule has 1 aliphatic rings. The first-order valence-corrected chi connectivity index (χ1v) is 9.39. The molecule has 7 nitrogen and oxygen atoms in total. The molecule has 0 unspecified atom stereocenters. The molecule has 3 rings (SSSR count). The van der Waals surface area contributed by atoms with E-state index in [4.69, 9.17) is 4.74 Å². The van der Waals surface area contributed by atoms with Gasteiger partial charge in [0.15, 0.2) is 0 Å². The summed E-state index contributed by atoms with van der Waals surface area (Å²) in [5.74, 6) is -0.145. The van der Waals surface area contributed by atoms with Gasteiger partial charge < -0.3 is 10.1 Å². The summed E-state index contributed by atoms with van der Waals surface area (Å²) in [5.41, 5.74) is 0.550. The number of nitrogens with zero attached hydrogens (tertiary/aromatic N) is 2. The maximum Gasteiger partial charge on any atom is 0.269 e. The molecule has 1 fully saturated rings. The molecule has 1 saturated heterocycles. The Morgan fingerprint density at radius 2 is 2.15 bits per heavy atom. The lowest BCUT2D eigenvalue weighted by Crippen LogP contribution is -2.37. The zero-order valence-electron chi connectivity index (χ0n) is 14.3. The first-order chi connectivity index (χ1) is 12.6. The van der Waals surface area contributed by atoms with Crippen LogP contribution in [0.15, 0.2) is 41.8 Å². The van der Waals surface area contributed by atoms with Crippen LogP contribution in [0.5, 0.6) is 0 Å². The lowest BCUT2D eigenvalue weighted by atomic mass is 10.2. The van der Waals surface area contributed by atoms with E-state index >= 15 is 0 Å². The van der Waals surface area contributed by atoms with E-state index in [9.17, 15) is 14.9 Å². The quantitative estimate of drug-likeness (QED) is 0.565. The predicted molar refractivity (Wildman–Crippen MR) is 100 cm³/mol. The van der Waals surface area contributed by atoms with Crippen LogP contribution in [-0.2, 0) is 16.1 Å². The monoisotopic (exact) mass is 375 g/mol. The van der Waals surface area contributed by atoms with Gasteiger partial charge in [0, 0.05) is 42.4 Å². The van der Waals surface area contributed by atoms with Crippen molar-refractivity contribution in [1.29, 1.82) is 0 Å². The van der Waals surface area contributed by atoms with Crippen LogP contribution in [0.1, 0.15) is 17.7 Å². The van der Waals surface area contributed by atoms with Gasteiger partial charge in [-0.15, -0.1) is 11.3 Å². The number of nitrogens with one attached hydrogen (secondary N) is 1. The Balaban J connectivity index is 1.58. The number of carbonyl (C=O) groups excluding carboxylic acids is 1. The van der Waals surface area contributed by atoms with E-state index in [1.165, 1.54) is 17.0 Å². The van der Waals surface area contributed by atoms with E-state index in [2.05, 4.69) is 16.3 Å². The van der Waals surface area contributed by atoms with E-state index in [0.717, 1.165) is 19.4 Å². The third kappa shape index (κ3) is 5.35. The van der Waals surface area contributed by atoms with Crippen molar-refractivity contribution >= 4 is 28.6 Å². The van der Waals surface area contributed by atoms with Crippen LogP contribution in [0, 0.1) is 10.1 Å². The molecule has 1 aromatic heterocycles. The number of hydrogen-bond donors (Lipinski definition) is 1. The molecule has 1 atom stereocenters. The fourth-order valence-corrected chi connectivity index (χ4v) is 3.70. The van der Waals surface area contributed by atoms with E-state index in [1.54, 1.807) is 23.5 Å². The number of benzene rings is 1. The predicted octanol–water partition coefficient (Wildman–Crippen LogP) is 3.28. The fourth-order valence-electron chi connectivity index (χ4n) is 2.95. The summed E-state index contributed by atoms with van der Waals surface area (Å²) in [6.45, 7) is 2.44. The van der Waals surface area contributed by atoms with Gasteiger partial charge in [-0.05, 0) is 36.4 Å². The third-order valence-corrected chi connectivity index (χ3v) is 5.04. The van der Waals surface area contributed by atoms with Crippen LogP contribution in [0.2, 0.25) is 0 Å². The Morgan fingerprint density at radius 1 is 1.35 bits per heavy atom. The van der Waals surface area contributed by atoms with Crippen molar-refractivity contribution in [2.75, 3.05) is 25.0 Å². The first kappa shape index (κ1) is 18.5. The molecule has 2 heterocycles. The molecule has 138 valence electrons. The topological polar surface area (TPSA) is 84.7 Å². The normalized spacial score (nSPS) is 16.7. The first-order valence-electron chi connectivity index (χ1n) is 8.51. The van der Waals surface area contributed by atoms with Crippen molar-refractivity contribution in [2.45, 2.75) is 25.5 Å². The molecule has 0 radical (unpaired) electrons. The molecule has 1 N–H and O–H groups in total. The number of non-ortho nitro benzene ring substituents is 1. The van der Waals surface area contributed by atoms with Crippen molar-refractivity contribution in [1.82, 2.24) is 4.90 Å². The van der Waals surface area contributed by atoms with Crippen LogP contribution in [0.3, 0.4) is 0 Å². The Morgan fingerprint density at radius 3 is 2.77 bits per heavy atom. The molecule has 0 saturated carbocycles. The minimum absolute atomic E-state index is 0.000651. The number of rotatable bonds is 8. The second-order valence-electron chi connectivity index (χ2n) is 6.24. The summed E-state index contributed by atoms with van der Waals surface area (Å²) in [6.07, 6.45) is 2.25. The summed E-state index contributed by atoms with van der Waals surface area (Å²) in [4.78, 5) is 25.9. The number of amides is 1. The molecule has 26 heavy (non-hydrogen) atoms. The van der Waals surface area contributed by atoms with Gasteiger partial charge in [-0.2, -0.15) is 0 Å². The molecule has 0 spiro atoms. The van der Waals surface area contributed by atoms with Crippen LogP contribution in [-0.4, -0.2) is 41.5 Å². The van der Waals surface area contributed by atoms with Gasteiger partial charge in [0.2, 0.25) is 5.91 Å². The van der Waals surface area contributed by atoms with E-state index in [-0.39, 0.29) is 24.2 Å². The number of nitro benzene ring substituents is 1. The van der Waals surface area contributed by atoms with Crippen molar-refractivity contribution in [3.63, 3.8) is 0 Å². The highest BCUT2D eigenvalue weighted by Crippen LogP contribution is 2.18. The Labute approximate surface area is 155 Å². The highest BCUT2D eigenvalue weighted by atomic mass is 32.1. The highest BCUT2D eigenvalue weighted by molar-refractivity contribution is 7.09. The minimum atomic E-state index is -0.462. The molecular formula is C18H21N3O4S. The average molecular weight is 375 g/mol. The minimum Gasteiger partial charge on any atom is -0.377 e. The Bertz CT molecular complexity index is 727. The van der Waals surface area contributed by atoms with Crippen molar-refractivity contribution in [3.05, 3.63) is 56.8 Å². The van der Waals surface area contributed by atoms with Gasteiger partial charge in [0.25, 0.3) is 5.69 Å². The SMILES string of the molecule is O=C(CN(Cc1cccs1)C[C@@H]1CCCO1)Nc1ccc([N+](=O)[O-])cc1. The van der Waals surface area contributed by atoms with Crippen molar-refractivity contribution < 1.29 is 14.5 Å². The van der Waals surface area contributed by atoms with E-state index in [0.29, 0.717) is 18.8 Å². The van der Waals surface area contributed by atoms with Gasteiger partial charge >= 0.3 is 0 Å². The number of ether oxygens (including phenoxy) is 1. The molecule has 1 amide bonds. The molecule has 0 bridgehead atoms. The van der Waals surface area contributed by atoms with Gasteiger partial charge in [0.05, 0.1) is 17.6 Å². The zero-order chi connectivity index (χ0) is 18.4. The number of anilines is 1. The summed E-state index contributed by atoms with van der Waals surface area (Å²) in [7, 11) is 0. The summed E-state index contributed by atoms with van der Waals surface area (Å²) < 4.78 is 5.70. The maximum absolute atomic E-state index is 12.4.